The summed E-state index contributed by atoms with van der Waals surface area (Å²) in [7, 11) is 0. The van der Waals surface area contributed by atoms with Gasteiger partial charge in [0.2, 0.25) is 0 Å². The van der Waals surface area contributed by atoms with Gasteiger partial charge in [-0.05, 0) is 51.0 Å². The van der Waals surface area contributed by atoms with E-state index in [1.54, 1.807) is 0 Å². The van der Waals surface area contributed by atoms with Gasteiger partial charge in [-0.2, -0.15) is 0 Å². The molecule has 0 spiro atoms. The largest absolute Gasteiger partial charge is 0.377 e. The van der Waals surface area contributed by atoms with Crippen molar-refractivity contribution in [2.75, 3.05) is 13.1 Å². The van der Waals surface area contributed by atoms with E-state index in [2.05, 4.69) is 23.7 Å². The van der Waals surface area contributed by atoms with Crippen LogP contribution in [0.15, 0.2) is 0 Å². The van der Waals surface area contributed by atoms with Gasteiger partial charge in [0.05, 0.1) is 0 Å². The van der Waals surface area contributed by atoms with Gasteiger partial charge in [0.1, 0.15) is 0 Å². The fourth-order valence-electron chi connectivity index (χ4n) is 1.60. The average Bonchev–Trinajstić information content (AvgIpc) is 2.30. The summed E-state index contributed by atoms with van der Waals surface area (Å²) in [5, 5.41) is 0.000000000000000222. The summed E-state index contributed by atoms with van der Waals surface area (Å²) in [6.45, 7) is 1.62. The molecular weight excluding hydrogens is 246 g/mol. The predicted molar refractivity (Wildman–Crippen MR) is 84.0 cm³/mol. The first kappa shape index (κ1) is 19.9. The lowest BCUT2D eigenvalue weighted by Crippen LogP contribution is -2.19. The van der Waals surface area contributed by atoms with Gasteiger partial charge in [-0.3, -0.25) is 0 Å². The van der Waals surface area contributed by atoms with E-state index < -0.39 is 0 Å². The molecule has 0 radical (unpaired) electrons. The third-order valence-electron chi connectivity index (χ3n) is 2.56. The van der Waals surface area contributed by atoms with Crippen LogP contribution in [-0.2, 0) is 0 Å². The highest BCUT2D eigenvalue weighted by molar-refractivity contribution is 7.80. The molecule has 0 aromatic heterocycles. The first-order valence-electron chi connectivity index (χ1n) is 6.75. The zero-order valence-corrected chi connectivity index (χ0v) is 12.3. The molecule has 0 heterocycles. The molecular formula is C12H31N5S. The second kappa shape index (κ2) is 16.6. The van der Waals surface area contributed by atoms with Crippen molar-refractivity contribution in [2.45, 2.75) is 57.4 Å². The van der Waals surface area contributed by atoms with Gasteiger partial charge >= 0.3 is 0 Å². The fraction of sp³-hybridized carbons (Fsp3) is 0.917. The Bertz CT molecular complexity index is 162. The van der Waals surface area contributed by atoms with Gasteiger partial charge in [0.25, 0.3) is 0 Å². The van der Waals surface area contributed by atoms with Crippen LogP contribution in [0.1, 0.15) is 51.4 Å². The third-order valence-corrected chi connectivity index (χ3v) is 2.56. The first-order valence-corrected chi connectivity index (χ1v) is 7.16. The van der Waals surface area contributed by atoms with Crippen molar-refractivity contribution in [2.24, 2.45) is 28.7 Å². The van der Waals surface area contributed by atoms with Crippen LogP contribution in [0.25, 0.3) is 0 Å². The Kier molecular flexibility index (Phi) is 18.3. The Morgan fingerprint density at radius 2 is 1.11 bits per heavy atom. The molecule has 0 aromatic carbocycles. The molecule has 10 N–H and O–H groups in total. The van der Waals surface area contributed by atoms with Crippen LogP contribution in [0.4, 0.5) is 0 Å². The Hall–Kier alpha value is -0.430. The van der Waals surface area contributed by atoms with Crippen LogP contribution in [0.2, 0.25) is 0 Å². The van der Waals surface area contributed by atoms with Crippen molar-refractivity contribution in [1.29, 1.82) is 0 Å². The smallest absolute Gasteiger partial charge is 0.160 e. The molecule has 110 valence electrons. The predicted octanol–water partition coefficient (Wildman–Crippen LogP) is 0.541. The minimum Gasteiger partial charge on any atom is -0.377 e. The number of hydrogen-bond donors (Lipinski definition) is 5. The quantitative estimate of drug-likeness (QED) is 0.293. The van der Waals surface area contributed by atoms with Gasteiger partial charge in [0, 0.05) is 6.04 Å². The second-order valence-corrected chi connectivity index (χ2v) is 4.91. The monoisotopic (exact) mass is 277 g/mol. The number of rotatable bonds is 10. The van der Waals surface area contributed by atoms with E-state index in [1.807, 2.05) is 0 Å². The molecule has 0 bridgehead atoms. The Labute approximate surface area is 117 Å². The molecule has 0 aromatic rings. The summed E-state index contributed by atoms with van der Waals surface area (Å²) >= 11 is 4.09. The maximum Gasteiger partial charge on any atom is 0.160 e. The third kappa shape index (κ3) is 24.7. The van der Waals surface area contributed by atoms with Crippen LogP contribution in [-0.4, -0.2) is 24.2 Å². The Morgan fingerprint density at radius 3 is 1.39 bits per heavy atom. The normalized spacial score (nSPS) is 10.0. The summed E-state index contributed by atoms with van der Waals surface area (Å²) in [4.78, 5) is 0. The molecule has 0 saturated heterocycles. The average molecular weight is 277 g/mol. The van der Waals surface area contributed by atoms with E-state index in [9.17, 15) is 0 Å². The highest BCUT2D eigenvalue weighted by atomic mass is 32.1. The number of thiocarbonyl (C=S) groups is 1. The first-order chi connectivity index (χ1) is 8.54. The topological polar surface area (TPSA) is 130 Å². The van der Waals surface area contributed by atoms with Crippen LogP contribution in [0.3, 0.4) is 0 Å². The number of unbranched alkanes of at least 4 members (excludes halogenated alkanes) is 4. The molecule has 0 aliphatic rings. The zero-order chi connectivity index (χ0) is 14.2. The van der Waals surface area contributed by atoms with Crippen LogP contribution in [0.5, 0.6) is 0 Å². The van der Waals surface area contributed by atoms with Gasteiger partial charge in [-0.1, -0.05) is 25.7 Å². The molecule has 5 nitrogen and oxygen atoms in total. The summed E-state index contributed by atoms with van der Waals surface area (Å²) < 4.78 is 0. The minimum absolute atomic E-state index is 0.000000000000000222. The zero-order valence-electron chi connectivity index (χ0n) is 11.4. The second-order valence-electron chi connectivity index (χ2n) is 4.44. The number of nitrogens with two attached hydrogens (primary N) is 5. The molecule has 0 amide bonds. The van der Waals surface area contributed by atoms with Gasteiger partial charge in [-0.25, -0.2) is 0 Å². The van der Waals surface area contributed by atoms with Gasteiger partial charge < -0.3 is 28.7 Å². The van der Waals surface area contributed by atoms with E-state index in [0.717, 1.165) is 38.8 Å². The maximum absolute atomic E-state index is 5.98. The summed E-state index contributed by atoms with van der Waals surface area (Å²) in [6.07, 6.45) is 9.51. The molecule has 0 fully saturated rings. The van der Waals surface area contributed by atoms with Crippen molar-refractivity contribution < 1.29 is 0 Å². The molecule has 18 heavy (non-hydrogen) atoms. The SMILES string of the molecule is NC(N)=S.NCCCCCC(N)CCCCCN. The lowest BCUT2D eigenvalue weighted by molar-refractivity contribution is 0.497. The number of hydrogen-bond acceptors (Lipinski definition) is 4. The molecule has 0 aliphatic carbocycles. The van der Waals surface area contributed by atoms with Gasteiger partial charge in [-0.15, -0.1) is 0 Å². The Morgan fingerprint density at radius 1 is 0.778 bits per heavy atom. The highest BCUT2D eigenvalue weighted by Gasteiger charge is 2.01. The highest BCUT2D eigenvalue weighted by Crippen LogP contribution is 2.08. The van der Waals surface area contributed by atoms with E-state index >= 15 is 0 Å². The summed E-state index contributed by atoms with van der Waals surface area (Å²) in [6, 6.07) is 0.394. The van der Waals surface area contributed by atoms with E-state index in [4.69, 9.17) is 17.2 Å². The minimum atomic E-state index is 0.000000000000000222. The molecule has 0 saturated carbocycles. The van der Waals surface area contributed by atoms with Crippen molar-refractivity contribution in [1.82, 2.24) is 0 Å². The Balaban J connectivity index is 0. The lowest BCUT2D eigenvalue weighted by Gasteiger charge is -2.10. The van der Waals surface area contributed by atoms with Gasteiger partial charge in [0.15, 0.2) is 5.11 Å². The summed E-state index contributed by atoms with van der Waals surface area (Å²) in [5.74, 6) is 0. The summed E-state index contributed by atoms with van der Waals surface area (Å²) in [5.41, 5.74) is 26.0. The van der Waals surface area contributed by atoms with Crippen LogP contribution in [0, 0.1) is 0 Å². The van der Waals surface area contributed by atoms with Crippen molar-refractivity contribution in [3.63, 3.8) is 0 Å². The standard InChI is InChI=1S/C11H27N3.CH4N2S/c12-9-5-1-3-7-11(14)8-4-2-6-10-13;2-1(3)4/h11H,1-10,12-14H2;(H4,2,3,4). The van der Waals surface area contributed by atoms with Crippen LogP contribution >= 0.6 is 12.2 Å². The van der Waals surface area contributed by atoms with E-state index in [0.29, 0.717) is 6.04 Å². The fourth-order valence-corrected chi connectivity index (χ4v) is 1.60. The maximum atomic E-state index is 5.98. The van der Waals surface area contributed by atoms with Crippen molar-refractivity contribution in [3.8, 4) is 0 Å². The van der Waals surface area contributed by atoms with Crippen molar-refractivity contribution in [3.05, 3.63) is 0 Å². The molecule has 0 rings (SSSR count). The molecule has 0 atom stereocenters. The lowest BCUT2D eigenvalue weighted by atomic mass is 10.0. The van der Waals surface area contributed by atoms with Crippen molar-refractivity contribution >= 4 is 17.3 Å². The molecule has 6 heteroatoms. The molecule has 0 unspecified atom stereocenters. The van der Waals surface area contributed by atoms with E-state index in [-0.39, 0.29) is 5.11 Å². The van der Waals surface area contributed by atoms with Crippen LogP contribution < -0.4 is 28.7 Å². The molecule has 0 aliphatic heterocycles. The van der Waals surface area contributed by atoms with E-state index in [1.165, 1.54) is 25.7 Å².